The Morgan fingerprint density at radius 1 is 0.800 bits per heavy atom. The molecule has 1 unspecified atom stereocenters. The highest BCUT2D eigenvalue weighted by atomic mass is 16.1. The summed E-state index contributed by atoms with van der Waals surface area (Å²) in [6, 6.07) is 8.64. The SMILES string of the molecule is CC.NC(=O)CCCCc1ccc(CCCC(N)CCC(N)=O)cc1. The topological polar surface area (TPSA) is 112 Å². The fourth-order valence-corrected chi connectivity index (χ4v) is 2.54. The van der Waals surface area contributed by atoms with Crippen LogP contribution in [0.15, 0.2) is 24.3 Å². The average Bonchev–Trinajstić information content (AvgIpc) is 2.60. The van der Waals surface area contributed by atoms with Gasteiger partial charge in [-0.05, 0) is 56.1 Å². The number of unbranched alkanes of at least 4 members (excludes halogenated alkanes) is 1. The van der Waals surface area contributed by atoms with Gasteiger partial charge >= 0.3 is 0 Å². The minimum atomic E-state index is -0.285. The van der Waals surface area contributed by atoms with Crippen LogP contribution in [-0.2, 0) is 22.4 Å². The zero-order valence-corrected chi connectivity index (χ0v) is 15.8. The van der Waals surface area contributed by atoms with Crippen molar-refractivity contribution in [1.82, 2.24) is 0 Å². The molecule has 5 heteroatoms. The summed E-state index contributed by atoms with van der Waals surface area (Å²) in [5, 5.41) is 0. The zero-order valence-electron chi connectivity index (χ0n) is 15.8. The van der Waals surface area contributed by atoms with E-state index in [1.807, 2.05) is 13.8 Å². The number of benzene rings is 1. The summed E-state index contributed by atoms with van der Waals surface area (Å²) in [5.41, 5.74) is 18.8. The number of rotatable bonds is 12. The lowest BCUT2D eigenvalue weighted by Crippen LogP contribution is -2.23. The van der Waals surface area contributed by atoms with Gasteiger partial charge in [-0.15, -0.1) is 0 Å². The molecule has 0 saturated heterocycles. The normalized spacial score (nSPS) is 11.3. The summed E-state index contributed by atoms with van der Waals surface area (Å²) in [6.07, 6.45) is 7.22. The van der Waals surface area contributed by atoms with Crippen molar-refractivity contribution in [2.24, 2.45) is 17.2 Å². The maximum atomic E-state index is 10.7. The Kier molecular flexibility index (Phi) is 13.4. The van der Waals surface area contributed by atoms with Gasteiger partial charge in [0.05, 0.1) is 0 Å². The fraction of sp³-hybridized carbons (Fsp3) is 0.600. The van der Waals surface area contributed by atoms with Gasteiger partial charge in [0.1, 0.15) is 0 Å². The van der Waals surface area contributed by atoms with Crippen LogP contribution < -0.4 is 17.2 Å². The van der Waals surface area contributed by atoms with Crippen molar-refractivity contribution in [3.63, 3.8) is 0 Å². The first-order valence-electron chi connectivity index (χ1n) is 9.37. The van der Waals surface area contributed by atoms with Gasteiger partial charge in [-0.1, -0.05) is 38.1 Å². The van der Waals surface area contributed by atoms with Crippen LogP contribution in [0.4, 0.5) is 0 Å². The molecule has 1 atom stereocenters. The van der Waals surface area contributed by atoms with E-state index in [1.165, 1.54) is 11.1 Å². The molecule has 0 heterocycles. The lowest BCUT2D eigenvalue weighted by atomic mass is 10.00. The van der Waals surface area contributed by atoms with Crippen molar-refractivity contribution >= 4 is 11.8 Å². The van der Waals surface area contributed by atoms with E-state index in [2.05, 4.69) is 24.3 Å². The largest absolute Gasteiger partial charge is 0.370 e. The van der Waals surface area contributed by atoms with Gasteiger partial charge in [0, 0.05) is 18.9 Å². The molecule has 2 amide bonds. The van der Waals surface area contributed by atoms with Crippen LogP contribution in [-0.4, -0.2) is 17.9 Å². The maximum Gasteiger partial charge on any atom is 0.217 e. The van der Waals surface area contributed by atoms with Gasteiger partial charge in [0.2, 0.25) is 11.8 Å². The summed E-state index contributed by atoms with van der Waals surface area (Å²) in [5.74, 6) is -0.513. The number of amides is 2. The van der Waals surface area contributed by atoms with E-state index in [1.54, 1.807) is 0 Å². The molecule has 0 aromatic heterocycles. The Labute approximate surface area is 152 Å². The first kappa shape index (κ1) is 23.1. The van der Waals surface area contributed by atoms with Crippen LogP contribution in [0.1, 0.15) is 69.9 Å². The minimum absolute atomic E-state index is 0.0482. The highest BCUT2D eigenvalue weighted by Gasteiger charge is 2.05. The third kappa shape index (κ3) is 13.1. The van der Waals surface area contributed by atoms with Crippen LogP contribution in [0.3, 0.4) is 0 Å². The van der Waals surface area contributed by atoms with Gasteiger partial charge < -0.3 is 17.2 Å². The molecule has 0 spiro atoms. The molecule has 0 fully saturated rings. The molecule has 1 aromatic rings. The van der Waals surface area contributed by atoms with E-state index in [0.29, 0.717) is 19.3 Å². The first-order valence-corrected chi connectivity index (χ1v) is 9.37. The van der Waals surface area contributed by atoms with Crippen LogP contribution in [0.25, 0.3) is 0 Å². The lowest BCUT2D eigenvalue weighted by molar-refractivity contribution is -0.119. The standard InChI is InChI=1S/C18H29N3O2.C2H6/c19-16(12-13-18(21)23)6-3-5-15-10-8-14(9-11-15)4-1-2-7-17(20)22;1-2/h8-11,16H,1-7,12-13,19H2,(H2,20,22)(H2,21,23);1-2H3. The molecule has 0 aliphatic heterocycles. The number of aryl methyl sites for hydroxylation is 2. The number of primary amides is 2. The number of carbonyl (C=O) groups is 2. The van der Waals surface area contributed by atoms with Crippen molar-refractivity contribution in [1.29, 1.82) is 0 Å². The predicted molar refractivity (Wildman–Crippen MR) is 104 cm³/mol. The average molecular weight is 350 g/mol. The van der Waals surface area contributed by atoms with E-state index in [9.17, 15) is 9.59 Å². The maximum absolute atomic E-state index is 10.7. The third-order valence-corrected chi connectivity index (χ3v) is 3.96. The van der Waals surface area contributed by atoms with E-state index in [4.69, 9.17) is 17.2 Å². The van der Waals surface area contributed by atoms with E-state index < -0.39 is 0 Å². The highest BCUT2D eigenvalue weighted by Crippen LogP contribution is 2.12. The van der Waals surface area contributed by atoms with E-state index in [0.717, 1.165) is 38.5 Å². The lowest BCUT2D eigenvalue weighted by Gasteiger charge is -2.10. The molecule has 0 aliphatic carbocycles. The summed E-state index contributed by atoms with van der Waals surface area (Å²) >= 11 is 0. The molecule has 6 N–H and O–H groups in total. The second kappa shape index (κ2) is 14.5. The molecule has 1 rings (SSSR count). The summed E-state index contributed by atoms with van der Waals surface area (Å²) in [6.45, 7) is 4.00. The molecule has 0 radical (unpaired) electrons. The number of hydrogen-bond acceptors (Lipinski definition) is 3. The van der Waals surface area contributed by atoms with Gasteiger partial charge in [-0.3, -0.25) is 9.59 Å². The van der Waals surface area contributed by atoms with Crippen molar-refractivity contribution in [3.8, 4) is 0 Å². The van der Waals surface area contributed by atoms with Crippen LogP contribution in [0.2, 0.25) is 0 Å². The Morgan fingerprint density at radius 3 is 1.76 bits per heavy atom. The van der Waals surface area contributed by atoms with Crippen molar-refractivity contribution in [2.45, 2.75) is 77.7 Å². The predicted octanol–water partition coefficient (Wildman–Crippen LogP) is 2.83. The molecule has 0 aliphatic rings. The van der Waals surface area contributed by atoms with Crippen molar-refractivity contribution in [3.05, 3.63) is 35.4 Å². The number of nitrogens with two attached hydrogens (primary N) is 3. The smallest absolute Gasteiger partial charge is 0.217 e. The number of hydrogen-bond donors (Lipinski definition) is 3. The van der Waals surface area contributed by atoms with Gasteiger partial charge in [-0.2, -0.15) is 0 Å². The summed E-state index contributed by atoms with van der Waals surface area (Å²) in [7, 11) is 0. The third-order valence-electron chi connectivity index (χ3n) is 3.96. The molecule has 25 heavy (non-hydrogen) atoms. The number of carbonyl (C=O) groups excluding carboxylic acids is 2. The summed E-state index contributed by atoms with van der Waals surface area (Å²) < 4.78 is 0. The highest BCUT2D eigenvalue weighted by molar-refractivity contribution is 5.73. The van der Waals surface area contributed by atoms with Gasteiger partial charge in [0.25, 0.3) is 0 Å². The molecule has 5 nitrogen and oxygen atoms in total. The molecule has 0 bridgehead atoms. The Balaban J connectivity index is 0.00000277. The molecular weight excluding hydrogens is 314 g/mol. The van der Waals surface area contributed by atoms with Crippen molar-refractivity contribution in [2.75, 3.05) is 0 Å². The van der Waals surface area contributed by atoms with Crippen LogP contribution in [0.5, 0.6) is 0 Å². The monoisotopic (exact) mass is 349 g/mol. The Morgan fingerprint density at radius 2 is 1.28 bits per heavy atom. The van der Waals surface area contributed by atoms with Gasteiger partial charge in [0.15, 0.2) is 0 Å². The van der Waals surface area contributed by atoms with Gasteiger partial charge in [-0.25, -0.2) is 0 Å². The molecule has 142 valence electrons. The first-order chi connectivity index (χ1) is 12.0. The van der Waals surface area contributed by atoms with Crippen LogP contribution >= 0.6 is 0 Å². The minimum Gasteiger partial charge on any atom is -0.370 e. The summed E-state index contributed by atoms with van der Waals surface area (Å²) in [4.78, 5) is 21.4. The van der Waals surface area contributed by atoms with E-state index in [-0.39, 0.29) is 17.9 Å². The zero-order chi connectivity index (χ0) is 19.1. The molecule has 1 aromatic carbocycles. The second-order valence-electron chi connectivity index (χ2n) is 6.15. The van der Waals surface area contributed by atoms with Crippen molar-refractivity contribution < 1.29 is 9.59 Å². The Bertz CT molecular complexity index is 486. The molecular formula is C20H35N3O2. The fourth-order valence-electron chi connectivity index (χ4n) is 2.54. The molecule has 0 saturated carbocycles. The van der Waals surface area contributed by atoms with Crippen LogP contribution in [0, 0.1) is 0 Å². The Hall–Kier alpha value is -1.88. The second-order valence-corrected chi connectivity index (χ2v) is 6.15. The van der Waals surface area contributed by atoms with E-state index >= 15 is 0 Å². The quantitative estimate of drug-likeness (QED) is 0.504.